The number of likely N-dealkylation sites (tertiary alicyclic amines) is 1. The van der Waals surface area contributed by atoms with E-state index < -0.39 is 17.7 Å². The number of aliphatic hydroxyl groups excluding tert-OH is 1. The average Bonchev–Trinajstić information content (AvgIpc) is 3.30. The highest BCUT2D eigenvalue weighted by atomic mass is 16.5. The molecule has 1 aromatic heterocycles. The number of carbonyl (C=O) groups is 2. The van der Waals surface area contributed by atoms with E-state index >= 15 is 0 Å². The van der Waals surface area contributed by atoms with Crippen molar-refractivity contribution in [1.29, 1.82) is 0 Å². The first-order valence-electron chi connectivity index (χ1n) is 11.2. The van der Waals surface area contributed by atoms with E-state index in [4.69, 9.17) is 9.47 Å². The van der Waals surface area contributed by atoms with Gasteiger partial charge in [0.2, 0.25) is 0 Å². The Morgan fingerprint density at radius 1 is 1.24 bits per heavy atom. The van der Waals surface area contributed by atoms with Crippen LogP contribution in [0.3, 0.4) is 0 Å². The number of ketones is 1. The van der Waals surface area contributed by atoms with Crippen LogP contribution in [0.4, 0.5) is 0 Å². The standard InChI is InChI=1S/C24H30N4O5/c1-15-19(16(2)26-25-15)22(29)20-21(17-6-4-7-18(14-17)32-3)28(24(31)23(20)30)9-5-8-27-10-12-33-13-11-27/h4,6-7,14,21,29H,5,8-13H2,1-3H3,(H,25,26). The summed E-state index contributed by atoms with van der Waals surface area (Å²) >= 11 is 0. The quantitative estimate of drug-likeness (QED) is 0.375. The molecule has 0 saturated carbocycles. The fourth-order valence-corrected chi connectivity index (χ4v) is 4.59. The highest BCUT2D eigenvalue weighted by Crippen LogP contribution is 2.41. The summed E-state index contributed by atoms with van der Waals surface area (Å²) in [4.78, 5) is 30.2. The summed E-state index contributed by atoms with van der Waals surface area (Å²) in [7, 11) is 1.57. The highest BCUT2D eigenvalue weighted by molar-refractivity contribution is 6.46. The lowest BCUT2D eigenvalue weighted by Gasteiger charge is -2.29. The second-order valence-corrected chi connectivity index (χ2v) is 8.39. The number of rotatable bonds is 7. The van der Waals surface area contributed by atoms with Crippen LogP contribution in [-0.4, -0.2) is 83.3 Å². The van der Waals surface area contributed by atoms with Crippen molar-refractivity contribution in [1.82, 2.24) is 20.0 Å². The van der Waals surface area contributed by atoms with Gasteiger partial charge in [0.1, 0.15) is 11.5 Å². The van der Waals surface area contributed by atoms with Crippen molar-refractivity contribution in [2.45, 2.75) is 26.3 Å². The molecule has 0 aliphatic carbocycles. The van der Waals surface area contributed by atoms with Crippen molar-refractivity contribution in [2.75, 3.05) is 46.5 Å². The molecule has 1 atom stereocenters. The zero-order chi connectivity index (χ0) is 23.5. The second kappa shape index (κ2) is 9.76. The largest absolute Gasteiger partial charge is 0.507 e. The number of aromatic nitrogens is 2. The Morgan fingerprint density at radius 2 is 2.00 bits per heavy atom. The van der Waals surface area contributed by atoms with Gasteiger partial charge >= 0.3 is 0 Å². The molecule has 9 nitrogen and oxygen atoms in total. The topological polar surface area (TPSA) is 108 Å². The van der Waals surface area contributed by atoms with Gasteiger partial charge < -0.3 is 19.5 Å². The second-order valence-electron chi connectivity index (χ2n) is 8.39. The molecule has 9 heteroatoms. The zero-order valence-electron chi connectivity index (χ0n) is 19.3. The molecular formula is C24H30N4O5. The van der Waals surface area contributed by atoms with Crippen LogP contribution in [0.5, 0.6) is 5.75 Å². The van der Waals surface area contributed by atoms with E-state index in [0.29, 0.717) is 54.4 Å². The number of nitrogens with one attached hydrogen (secondary N) is 1. The molecule has 176 valence electrons. The van der Waals surface area contributed by atoms with Crippen LogP contribution in [0.25, 0.3) is 5.76 Å². The number of morpholine rings is 1. The van der Waals surface area contributed by atoms with Gasteiger partial charge in [0.05, 0.1) is 43.2 Å². The van der Waals surface area contributed by atoms with Gasteiger partial charge in [0.15, 0.2) is 0 Å². The van der Waals surface area contributed by atoms with Crippen LogP contribution in [-0.2, 0) is 14.3 Å². The van der Waals surface area contributed by atoms with Gasteiger partial charge in [-0.25, -0.2) is 0 Å². The summed E-state index contributed by atoms with van der Waals surface area (Å²) in [6, 6.07) is 6.55. The van der Waals surface area contributed by atoms with Gasteiger partial charge in [-0.2, -0.15) is 5.10 Å². The number of aryl methyl sites for hydroxylation is 2. The third-order valence-corrected chi connectivity index (χ3v) is 6.29. The van der Waals surface area contributed by atoms with E-state index in [1.54, 1.807) is 38.0 Å². The maximum Gasteiger partial charge on any atom is 0.295 e. The summed E-state index contributed by atoms with van der Waals surface area (Å²) in [5.74, 6) is -0.889. The number of hydrogen-bond acceptors (Lipinski definition) is 7. The van der Waals surface area contributed by atoms with Crippen molar-refractivity contribution in [2.24, 2.45) is 0 Å². The minimum absolute atomic E-state index is 0.0761. The fraction of sp³-hybridized carbons (Fsp3) is 0.458. The molecule has 2 N–H and O–H groups in total. The summed E-state index contributed by atoms with van der Waals surface area (Å²) in [6.07, 6.45) is 0.706. The first-order chi connectivity index (χ1) is 15.9. The maximum absolute atomic E-state index is 13.2. The SMILES string of the molecule is COc1cccc(C2C(=C(O)c3c(C)n[nH]c3C)C(=O)C(=O)N2CCCN2CCOCC2)c1. The highest BCUT2D eigenvalue weighted by Gasteiger charge is 2.46. The predicted octanol–water partition coefficient (Wildman–Crippen LogP) is 2.18. The van der Waals surface area contributed by atoms with E-state index in [1.165, 1.54) is 0 Å². The molecule has 2 aromatic rings. The van der Waals surface area contributed by atoms with Crippen LogP contribution in [0.15, 0.2) is 29.8 Å². The Balaban J connectivity index is 1.71. The lowest BCUT2D eigenvalue weighted by Crippen LogP contribution is -2.38. The summed E-state index contributed by atoms with van der Waals surface area (Å²) in [6.45, 7) is 7.84. The summed E-state index contributed by atoms with van der Waals surface area (Å²) < 4.78 is 10.8. The number of ether oxygens (including phenoxy) is 2. The number of aromatic amines is 1. The van der Waals surface area contributed by atoms with Crippen molar-refractivity contribution in [3.63, 3.8) is 0 Å². The molecule has 1 aromatic carbocycles. The van der Waals surface area contributed by atoms with Crippen LogP contribution < -0.4 is 4.74 Å². The molecule has 33 heavy (non-hydrogen) atoms. The lowest BCUT2D eigenvalue weighted by molar-refractivity contribution is -0.140. The van der Waals surface area contributed by atoms with E-state index in [2.05, 4.69) is 15.1 Å². The van der Waals surface area contributed by atoms with E-state index in [1.807, 2.05) is 12.1 Å². The summed E-state index contributed by atoms with van der Waals surface area (Å²) in [5.41, 5.74) is 2.43. The number of nitrogens with zero attached hydrogens (tertiary/aromatic N) is 3. The molecular weight excluding hydrogens is 424 g/mol. The molecule has 2 aliphatic rings. The molecule has 1 unspecified atom stereocenters. The molecule has 0 radical (unpaired) electrons. The average molecular weight is 455 g/mol. The fourth-order valence-electron chi connectivity index (χ4n) is 4.59. The number of H-pyrrole nitrogens is 1. The van der Waals surface area contributed by atoms with Crippen LogP contribution in [0.1, 0.15) is 35.0 Å². The molecule has 0 bridgehead atoms. The van der Waals surface area contributed by atoms with Crippen molar-refractivity contribution in [3.8, 4) is 5.75 Å². The number of aliphatic hydroxyl groups is 1. The minimum atomic E-state index is -0.710. The Bertz CT molecular complexity index is 1050. The Morgan fingerprint density at radius 3 is 2.67 bits per heavy atom. The van der Waals surface area contributed by atoms with Gasteiger partial charge in [0, 0.05) is 31.9 Å². The Labute approximate surface area is 193 Å². The molecule has 2 saturated heterocycles. The maximum atomic E-state index is 13.2. The van der Waals surface area contributed by atoms with Crippen LogP contribution in [0.2, 0.25) is 0 Å². The number of benzene rings is 1. The monoisotopic (exact) mass is 454 g/mol. The predicted molar refractivity (Wildman–Crippen MR) is 122 cm³/mol. The van der Waals surface area contributed by atoms with Gasteiger partial charge in [-0.1, -0.05) is 12.1 Å². The number of Topliss-reactive ketones (excluding diaryl/α,β-unsaturated/α-hetero) is 1. The molecule has 0 spiro atoms. The zero-order valence-corrected chi connectivity index (χ0v) is 19.3. The summed E-state index contributed by atoms with van der Waals surface area (Å²) in [5, 5.41) is 18.2. The van der Waals surface area contributed by atoms with Gasteiger partial charge in [0.25, 0.3) is 11.7 Å². The molecule has 1 amide bonds. The van der Waals surface area contributed by atoms with Crippen molar-refractivity contribution < 1.29 is 24.2 Å². The third-order valence-electron chi connectivity index (χ3n) is 6.29. The first kappa shape index (κ1) is 23.0. The molecule has 2 fully saturated rings. The molecule has 4 rings (SSSR count). The Hall–Kier alpha value is -3.17. The van der Waals surface area contributed by atoms with Crippen LogP contribution >= 0.6 is 0 Å². The number of carbonyl (C=O) groups excluding carboxylic acids is 2. The number of hydrogen-bond donors (Lipinski definition) is 2. The Kier molecular flexibility index (Phi) is 6.80. The van der Waals surface area contributed by atoms with Gasteiger partial charge in [-0.3, -0.25) is 19.6 Å². The van der Waals surface area contributed by atoms with Crippen molar-refractivity contribution >= 4 is 17.4 Å². The smallest absolute Gasteiger partial charge is 0.295 e. The van der Waals surface area contributed by atoms with E-state index in [9.17, 15) is 14.7 Å². The normalized spacial score (nSPS) is 21.1. The minimum Gasteiger partial charge on any atom is -0.507 e. The van der Waals surface area contributed by atoms with E-state index in [0.717, 1.165) is 19.6 Å². The molecule has 3 heterocycles. The number of methoxy groups -OCH3 is 1. The van der Waals surface area contributed by atoms with Crippen LogP contribution in [0, 0.1) is 13.8 Å². The molecule has 2 aliphatic heterocycles. The van der Waals surface area contributed by atoms with E-state index in [-0.39, 0.29) is 11.3 Å². The number of amides is 1. The van der Waals surface area contributed by atoms with Crippen molar-refractivity contribution in [3.05, 3.63) is 52.4 Å². The lowest BCUT2D eigenvalue weighted by atomic mass is 9.94. The first-order valence-corrected chi connectivity index (χ1v) is 11.2. The third kappa shape index (κ3) is 4.51. The van der Waals surface area contributed by atoms with Gasteiger partial charge in [-0.05, 0) is 38.0 Å². The van der Waals surface area contributed by atoms with Gasteiger partial charge in [-0.15, -0.1) is 0 Å².